The number of carbonyl (C=O) groups is 1. The number of hydrogen-bond acceptors (Lipinski definition) is 3. The average Bonchev–Trinajstić information content (AvgIpc) is 2.73. The van der Waals surface area contributed by atoms with Crippen LogP contribution < -0.4 is 9.62 Å². The molecule has 3 aromatic rings. The minimum atomic E-state index is -3.71. The Balaban J connectivity index is 1.76. The third-order valence-electron chi connectivity index (χ3n) is 4.73. The second-order valence-corrected chi connectivity index (χ2v) is 8.97. The summed E-state index contributed by atoms with van der Waals surface area (Å²) in [7, 11) is -2.22. The van der Waals surface area contributed by atoms with E-state index in [-0.39, 0.29) is 10.8 Å². The maximum absolute atomic E-state index is 12.9. The summed E-state index contributed by atoms with van der Waals surface area (Å²) in [6, 6.07) is 21.2. The Hall–Kier alpha value is -3.12. The molecule has 1 N–H and O–H groups in total. The number of carbonyl (C=O) groups excluding carboxylic acids is 1. The van der Waals surface area contributed by atoms with E-state index in [0.717, 1.165) is 16.7 Å². The summed E-state index contributed by atoms with van der Waals surface area (Å²) >= 11 is 0. The van der Waals surface area contributed by atoms with Crippen LogP contribution in [0.15, 0.2) is 77.7 Å². The maximum atomic E-state index is 12.9. The summed E-state index contributed by atoms with van der Waals surface area (Å²) in [4.78, 5) is 12.7. The predicted octanol–water partition coefficient (Wildman–Crippen LogP) is 4.06. The topological polar surface area (TPSA) is 66.5 Å². The van der Waals surface area contributed by atoms with Crippen LogP contribution in [0.25, 0.3) is 0 Å². The fourth-order valence-electron chi connectivity index (χ4n) is 2.84. The Morgan fingerprint density at radius 3 is 2.10 bits per heavy atom. The fourth-order valence-corrected chi connectivity index (χ4v) is 4.03. The summed E-state index contributed by atoms with van der Waals surface area (Å²) in [5.74, 6) is -0.256. The first-order valence-corrected chi connectivity index (χ1v) is 10.7. The summed E-state index contributed by atoms with van der Waals surface area (Å²) in [6.07, 6.45) is 0. The van der Waals surface area contributed by atoms with Gasteiger partial charge in [0.15, 0.2) is 0 Å². The van der Waals surface area contributed by atoms with Gasteiger partial charge in [0.2, 0.25) is 0 Å². The second kappa shape index (κ2) is 8.49. The Morgan fingerprint density at radius 1 is 0.897 bits per heavy atom. The average molecular weight is 409 g/mol. The lowest BCUT2D eigenvalue weighted by Gasteiger charge is -2.20. The number of nitrogens with one attached hydrogen (secondary N) is 1. The molecule has 3 rings (SSSR count). The highest BCUT2D eigenvalue weighted by atomic mass is 32.2. The van der Waals surface area contributed by atoms with E-state index in [2.05, 4.69) is 5.32 Å². The molecule has 0 heterocycles. The molecule has 0 saturated heterocycles. The maximum Gasteiger partial charge on any atom is 0.264 e. The molecule has 0 aliphatic rings. The van der Waals surface area contributed by atoms with Crippen molar-refractivity contribution in [3.8, 4) is 0 Å². The van der Waals surface area contributed by atoms with Gasteiger partial charge in [-0.1, -0.05) is 53.6 Å². The molecule has 0 atom stereocenters. The Labute approximate surface area is 172 Å². The molecule has 0 aliphatic carbocycles. The van der Waals surface area contributed by atoms with Gasteiger partial charge < -0.3 is 5.32 Å². The normalized spacial score (nSPS) is 11.1. The monoisotopic (exact) mass is 408 g/mol. The molecular formula is C23H24N2O3S. The van der Waals surface area contributed by atoms with Crippen LogP contribution in [0.3, 0.4) is 0 Å². The third kappa shape index (κ3) is 4.84. The first-order valence-electron chi connectivity index (χ1n) is 9.27. The minimum absolute atomic E-state index is 0.208. The summed E-state index contributed by atoms with van der Waals surface area (Å²) in [5.41, 5.74) is 3.97. The van der Waals surface area contributed by atoms with Crippen molar-refractivity contribution in [3.05, 3.63) is 95.1 Å². The fraction of sp³-hybridized carbons (Fsp3) is 0.174. The molecule has 0 unspecified atom stereocenters. The second-order valence-electron chi connectivity index (χ2n) is 7.00. The van der Waals surface area contributed by atoms with Gasteiger partial charge >= 0.3 is 0 Å². The van der Waals surface area contributed by atoms with Gasteiger partial charge in [-0.3, -0.25) is 9.10 Å². The van der Waals surface area contributed by atoms with Gasteiger partial charge in [0.1, 0.15) is 0 Å². The van der Waals surface area contributed by atoms with Crippen molar-refractivity contribution >= 4 is 21.6 Å². The molecule has 0 aliphatic heterocycles. The smallest absolute Gasteiger partial charge is 0.264 e. The van der Waals surface area contributed by atoms with Gasteiger partial charge in [0.05, 0.1) is 10.6 Å². The molecular weight excluding hydrogens is 384 g/mol. The van der Waals surface area contributed by atoms with Crippen molar-refractivity contribution in [1.82, 2.24) is 5.32 Å². The minimum Gasteiger partial charge on any atom is -0.348 e. The van der Waals surface area contributed by atoms with E-state index in [1.54, 1.807) is 48.5 Å². The molecule has 6 heteroatoms. The van der Waals surface area contributed by atoms with E-state index in [4.69, 9.17) is 0 Å². The summed E-state index contributed by atoms with van der Waals surface area (Å²) in [5, 5.41) is 2.87. The number of aryl methyl sites for hydroxylation is 2. The van der Waals surface area contributed by atoms with E-state index in [9.17, 15) is 13.2 Å². The standard InChI is InChI=1S/C23H24N2O3S/c1-17-7-11-19(12-8-17)16-24-23(26)20-5-4-6-21(15-20)25(3)29(27,28)22-13-9-18(2)10-14-22/h4-15H,16H2,1-3H3,(H,24,26). The Kier molecular flexibility index (Phi) is 6.03. The van der Waals surface area contributed by atoms with E-state index in [1.165, 1.54) is 11.4 Å². The van der Waals surface area contributed by atoms with E-state index in [1.807, 2.05) is 38.1 Å². The van der Waals surface area contributed by atoms with Gasteiger partial charge in [-0.05, 0) is 49.7 Å². The lowest BCUT2D eigenvalue weighted by atomic mass is 10.1. The number of nitrogens with zero attached hydrogens (tertiary/aromatic N) is 1. The van der Waals surface area contributed by atoms with Crippen molar-refractivity contribution in [2.24, 2.45) is 0 Å². The van der Waals surface area contributed by atoms with Crippen molar-refractivity contribution in [2.75, 3.05) is 11.4 Å². The number of rotatable bonds is 6. The van der Waals surface area contributed by atoms with E-state index < -0.39 is 10.0 Å². The highest BCUT2D eigenvalue weighted by Crippen LogP contribution is 2.23. The number of benzene rings is 3. The molecule has 0 aromatic heterocycles. The molecule has 0 fully saturated rings. The zero-order chi connectivity index (χ0) is 21.0. The molecule has 150 valence electrons. The van der Waals surface area contributed by atoms with Crippen LogP contribution in [0.2, 0.25) is 0 Å². The van der Waals surface area contributed by atoms with Crippen LogP contribution >= 0.6 is 0 Å². The van der Waals surface area contributed by atoms with Crippen LogP contribution in [0.1, 0.15) is 27.0 Å². The number of hydrogen-bond donors (Lipinski definition) is 1. The Morgan fingerprint density at radius 2 is 1.48 bits per heavy atom. The van der Waals surface area contributed by atoms with E-state index >= 15 is 0 Å². The van der Waals surface area contributed by atoms with Gasteiger partial charge in [0.25, 0.3) is 15.9 Å². The predicted molar refractivity (Wildman–Crippen MR) is 116 cm³/mol. The van der Waals surface area contributed by atoms with E-state index in [0.29, 0.717) is 17.8 Å². The number of sulfonamides is 1. The molecule has 3 aromatic carbocycles. The van der Waals surface area contributed by atoms with Crippen LogP contribution in [0.5, 0.6) is 0 Å². The molecule has 5 nitrogen and oxygen atoms in total. The largest absolute Gasteiger partial charge is 0.348 e. The lowest BCUT2D eigenvalue weighted by Crippen LogP contribution is -2.27. The Bertz CT molecular complexity index is 1110. The molecule has 29 heavy (non-hydrogen) atoms. The number of amides is 1. The molecule has 0 bridgehead atoms. The van der Waals surface area contributed by atoms with Gasteiger partial charge in [-0.25, -0.2) is 8.42 Å². The molecule has 0 saturated carbocycles. The van der Waals surface area contributed by atoms with Crippen molar-refractivity contribution in [3.63, 3.8) is 0 Å². The summed E-state index contributed by atoms with van der Waals surface area (Å²) < 4.78 is 27.0. The number of anilines is 1. The van der Waals surface area contributed by atoms with Gasteiger partial charge in [-0.15, -0.1) is 0 Å². The van der Waals surface area contributed by atoms with Gasteiger partial charge in [0, 0.05) is 19.2 Å². The SMILES string of the molecule is Cc1ccc(CNC(=O)c2cccc(N(C)S(=O)(=O)c3ccc(C)cc3)c2)cc1. The van der Waals surface area contributed by atoms with Gasteiger partial charge in [-0.2, -0.15) is 0 Å². The third-order valence-corrected chi connectivity index (χ3v) is 6.52. The van der Waals surface area contributed by atoms with Crippen molar-refractivity contribution in [1.29, 1.82) is 0 Å². The van der Waals surface area contributed by atoms with Crippen molar-refractivity contribution < 1.29 is 13.2 Å². The molecule has 0 radical (unpaired) electrons. The lowest BCUT2D eigenvalue weighted by molar-refractivity contribution is 0.0951. The van der Waals surface area contributed by atoms with Crippen LogP contribution in [-0.4, -0.2) is 21.4 Å². The first kappa shape index (κ1) is 20.6. The van der Waals surface area contributed by atoms with Crippen LogP contribution in [-0.2, 0) is 16.6 Å². The van der Waals surface area contributed by atoms with Crippen LogP contribution in [0, 0.1) is 13.8 Å². The zero-order valence-electron chi connectivity index (χ0n) is 16.7. The summed E-state index contributed by atoms with van der Waals surface area (Å²) in [6.45, 7) is 4.31. The highest BCUT2D eigenvalue weighted by Gasteiger charge is 2.21. The highest BCUT2D eigenvalue weighted by molar-refractivity contribution is 7.92. The zero-order valence-corrected chi connectivity index (χ0v) is 17.5. The van der Waals surface area contributed by atoms with Crippen molar-refractivity contribution in [2.45, 2.75) is 25.3 Å². The van der Waals surface area contributed by atoms with Crippen LogP contribution in [0.4, 0.5) is 5.69 Å². The molecule has 1 amide bonds. The molecule has 0 spiro atoms. The quantitative estimate of drug-likeness (QED) is 0.669. The first-order chi connectivity index (χ1) is 13.8.